The summed E-state index contributed by atoms with van der Waals surface area (Å²) < 4.78 is 5.81. The second-order valence-electron chi connectivity index (χ2n) is 9.50. The van der Waals surface area contributed by atoms with Crippen LogP contribution in [0.15, 0.2) is 12.1 Å². The van der Waals surface area contributed by atoms with Crippen molar-refractivity contribution in [3.05, 3.63) is 23.3 Å². The minimum absolute atomic E-state index is 0.0332. The molecule has 1 saturated carbocycles. The third-order valence-electron chi connectivity index (χ3n) is 6.86. The molecule has 188 valence electrons. The number of carboxylic acid groups (broad SMARTS) is 1. The molecule has 0 radical (unpaired) electrons. The Balaban J connectivity index is 1.51. The number of aromatic hydroxyl groups is 1. The first kappa shape index (κ1) is 26.3. The number of hydrogen-bond donors (Lipinski definition) is 6. The molecular formula is C23H36BN3O7. The number of carbonyl (C=O) groups excluding carboxylic acids is 1. The lowest BCUT2D eigenvalue weighted by atomic mass is 9.76. The van der Waals surface area contributed by atoms with E-state index in [9.17, 15) is 29.9 Å². The van der Waals surface area contributed by atoms with Crippen LogP contribution < -0.4 is 15.8 Å². The van der Waals surface area contributed by atoms with Crippen LogP contribution in [0.25, 0.3) is 0 Å². The van der Waals surface area contributed by atoms with E-state index in [4.69, 9.17) is 10.5 Å². The lowest BCUT2D eigenvalue weighted by Crippen LogP contribution is -2.56. The molecule has 7 N–H and O–H groups in total. The number of benzene rings is 1. The monoisotopic (exact) mass is 477 g/mol. The van der Waals surface area contributed by atoms with Gasteiger partial charge in [0.2, 0.25) is 5.91 Å². The Hall–Kier alpha value is -2.34. The van der Waals surface area contributed by atoms with Crippen molar-refractivity contribution >= 4 is 19.0 Å². The molecule has 2 aliphatic rings. The zero-order valence-electron chi connectivity index (χ0n) is 19.7. The smallest absolute Gasteiger partial charge is 0.452 e. The predicted octanol–water partition coefficient (Wildman–Crippen LogP) is 0.754. The number of nitrogens with two attached hydrogens (primary N) is 1. The van der Waals surface area contributed by atoms with E-state index in [1.165, 1.54) is 12.1 Å². The molecule has 11 heteroatoms. The van der Waals surface area contributed by atoms with Crippen molar-refractivity contribution in [3.63, 3.8) is 0 Å². The molecule has 10 nitrogen and oxygen atoms in total. The van der Waals surface area contributed by atoms with Gasteiger partial charge in [0.25, 0.3) is 0 Å². The van der Waals surface area contributed by atoms with E-state index in [2.05, 4.69) is 5.32 Å². The molecule has 2 fully saturated rings. The number of nitrogens with zero attached hydrogens (tertiary/aromatic N) is 1. The first-order valence-corrected chi connectivity index (χ1v) is 12.0. The van der Waals surface area contributed by atoms with Crippen molar-refractivity contribution in [3.8, 4) is 11.5 Å². The number of phenols is 1. The highest BCUT2D eigenvalue weighted by Crippen LogP contribution is 2.38. The van der Waals surface area contributed by atoms with Gasteiger partial charge >= 0.3 is 13.1 Å². The summed E-state index contributed by atoms with van der Waals surface area (Å²) in [6, 6.07) is 3.49. The van der Waals surface area contributed by atoms with Gasteiger partial charge < -0.3 is 40.9 Å². The van der Waals surface area contributed by atoms with Crippen molar-refractivity contribution in [2.24, 2.45) is 11.7 Å². The number of amides is 1. The molecule has 1 aliphatic carbocycles. The first-order valence-electron chi connectivity index (χ1n) is 12.0. The largest absolute Gasteiger partial charge is 0.507 e. The summed E-state index contributed by atoms with van der Waals surface area (Å²) in [6.07, 6.45) is 4.26. The summed E-state index contributed by atoms with van der Waals surface area (Å²) in [5.74, 6) is -1.74. The highest BCUT2D eigenvalue weighted by atomic mass is 16.5. The van der Waals surface area contributed by atoms with E-state index in [-0.39, 0.29) is 29.6 Å². The number of likely N-dealkylation sites (tertiary alicyclic amines) is 1. The molecule has 0 bridgehead atoms. The molecule has 1 saturated heterocycles. The van der Waals surface area contributed by atoms with Gasteiger partial charge in [-0.15, -0.1) is 0 Å². The Labute approximate surface area is 200 Å². The van der Waals surface area contributed by atoms with Crippen molar-refractivity contribution in [1.29, 1.82) is 0 Å². The van der Waals surface area contributed by atoms with Gasteiger partial charge in [0, 0.05) is 25.6 Å². The third kappa shape index (κ3) is 6.62. The normalized spacial score (nSPS) is 21.6. The van der Waals surface area contributed by atoms with E-state index >= 15 is 0 Å². The Kier molecular flexibility index (Phi) is 9.18. The van der Waals surface area contributed by atoms with Crippen LogP contribution >= 0.6 is 0 Å². The molecule has 1 atom stereocenters. The molecule has 1 amide bonds. The van der Waals surface area contributed by atoms with Crippen LogP contribution in [-0.2, 0) is 4.79 Å². The maximum atomic E-state index is 12.6. The Morgan fingerprint density at radius 1 is 1.24 bits per heavy atom. The predicted molar refractivity (Wildman–Crippen MR) is 127 cm³/mol. The molecule has 34 heavy (non-hydrogen) atoms. The summed E-state index contributed by atoms with van der Waals surface area (Å²) in [5, 5.41) is 41.9. The SMILES string of the molecule is C[C@@H](CB(O)O)c1ccc(OC2CN(C(=O)CC3CCC(NCCN)CC3)C2)c(C(=O)O)c1O. The zero-order valence-corrected chi connectivity index (χ0v) is 19.7. The number of carboxylic acids is 1. The molecule has 1 heterocycles. The first-order chi connectivity index (χ1) is 16.2. The molecule has 1 aliphatic heterocycles. The summed E-state index contributed by atoms with van der Waals surface area (Å²) >= 11 is 0. The summed E-state index contributed by atoms with van der Waals surface area (Å²) in [7, 11) is -1.57. The fourth-order valence-electron chi connectivity index (χ4n) is 4.86. The van der Waals surface area contributed by atoms with Crippen molar-refractivity contribution in [2.45, 2.75) is 63.4 Å². The number of rotatable bonds is 11. The van der Waals surface area contributed by atoms with Gasteiger partial charge in [-0.3, -0.25) is 4.79 Å². The van der Waals surface area contributed by atoms with Crippen LogP contribution in [0.2, 0.25) is 6.32 Å². The second-order valence-corrected chi connectivity index (χ2v) is 9.50. The van der Waals surface area contributed by atoms with Crippen LogP contribution in [0, 0.1) is 5.92 Å². The van der Waals surface area contributed by atoms with E-state index < -0.39 is 24.8 Å². The van der Waals surface area contributed by atoms with Gasteiger partial charge in [-0.25, -0.2) is 4.79 Å². The summed E-state index contributed by atoms with van der Waals surface area (Å²) in [6.45, 7) is 3.86. The van der Waals surface area contributed by atoms with E-state index in [1.807, 2.05) is 0 Å². The lowest BCUT2D eigenvalue weighted by Gasteiger charge is -2.40. The highest BCUT2D eigenvalue weighted by Gasteiger charge is 2.35. The van der Waals surface area contributed by atoms with Crippen molar-refractivity contribution in [1.82, 2.24) is 10.2 Å². The number of carbonyl (C=O) groups is 2. The molecule has 1 aromatic rings. The van der Waals surface area contributed by atoms with Crippen LogP contribution in [0.5, 0.6) is 11.5 Å². The number of hydrogen-bond acceptors (Lipinski definition) is 8. The average molecular weight is 477 g/mol. The Bertz CT molecular complexity index is 855. The van der Waals surface area contributed by atoms with Gasteiger partial charge in [0.05, 0.1) is 13.1 Å². The molecule has 0 aromatic heterocycles. The maximum Gasteiger partial charge on any atom is 0.452 e. The summed E-state index contributed by atoms with van der Waals surface area (Å²) in [5.41, 5.74) is 5.48. The molecule has 0 unspecified atom stereocenters. The Morgan fingerprint density at radius 3 is 2.50 bits per heavy atom. The average Bonchev–Trinajstić information content (AvgIpc) is 2.74. The minimum atomic E-state index is -1.57. The minimum Gasteiger partial charge on any atom is -0.507 e. The van der Waals surface area contributed by atoms with Gasteiger partial charge in [0.1, 0.15) is 23.2 Å². The molecule has 1 aromatic carbocycles. The van der Waals surface area contributed by atoms with E-state index in [0.29, 0.717) is 43.6 Å². The zero-order chi connectivity index (χ0) is 24.8. The van der Waals surface area contributed by atoms with Crippen LogP contribution in [0.1, 0.15) is 60.9 Å². The van der Waals surface area contributed by atoms with Crippen LogP contribution in [-0.4, -0.2) is 82.5 Å². The van der Waals surface area contributed by atoms with E-state index in [1.54, 1.807) is 11.8 Å². The van der Waals surface area contributed by atoms with Gasteiger partial charge in [-0.1, -0.05) is 13.0 Å². The molecule has 0 spiro atoms. The van der Waals surface area contributed by atoms with E-state index in [0.717, 1.165) is 32.2 Å². The van der Waals surface area contributed by atoms with Gasteiger partial charge in [-0.05, 0) is 55.5 Å². The standard InChI is InChI=1S/C23H36BN3O7/c1-14(11-24(32)33)18-6-7-19(21(22(18)29)23(30)31)34-17-12-27(13-17)20(28)10-15-2-4-16(5-3-15)26-9-8-25/h6-7,14-17,26,29,32-33H,2-5,8-13,25H2,1H3,(H,30,31)/t14-,15?,16?/m0/s1. The Morgan fingerprint density at radius 2 is 1.91 bits per heavy atom. The van der Waals surface area contributed by atoms with Crippen LogP contribution in [0.4, 0.5) is 0 Å². The highest BCUT2D eigenvalue weighted by molar-refractivity contribution is 6.41. The second kappa shape index (κ2) is 11.9. The molecule has 3 rings (SSSR count). The van der Waals surface area contributed by atoms with Gasteiger partial charge in [-0.2, -0.15) is 0 Å². The lowest BCUT2D eigenvalue weighted by molar-refractivity contribution is -0.141. The van der Waals surface area contributed by atoms with Crippen LogP contribution in [0.3, 0.4) is 0 Å². The summed E-state index contributed by atoms with van der Waals surface area (Å²) in [4.78, 5) is 26.2. The molecular weight excluding hydrogens is 441 g/mol. The van der Waals surface area contributed by atoms with Crippen molar-refractivity contribution < 1.29 is 34.6 Å². The topological polar surface area (TPSA) is 166 Å². The van der Waals surface area contributed by atoms with Crippen molar-refractivity contribution in [2.75, 3.05) is 26.2 Å². The number of ether oxygens (including phenoxy) is 1. The fourth-order valence-corrected chi connectivity index (χ4v) is 4.86. The number of nitrogens with one attached hydrogen (secondary N) is 1. The fraction of sp³-hybridized carbons (Fsp3) is 0.652. The number of aromatic carboxylic acids is 1. The van der Waals surface area contributed by atoms with Gasteiger partial charge in [0.15, 0.2) is 0 Å². The quantitative estimate of drug-likeness (QED) is 0.252. The maximum absolute atomic E-state index is 12.6. The third-order valence-corrected chi connectivity index (χ3v) is 6.86.